The first kappa shape index (κ1) is 14.4. The van der Waals surface area contributed by atoms with E-state index >= 15 is 0 Å². The van der Waals surface area contributed by atoms with E-state index < -0.39 is 17.8 Å². The number of furan rings is 2. The van der Waals surface area contributed by atoms with Crippen molar-refractivity contribution in [2.45, 2.75) is 12.5 Å². The van der Waals surface area contributed by atoms with Crippen LogP contribution in [0, 0.1) is 5.82 Å². The Balaban J connectivity index is 1.74. The van der Waals surface area contributed by atoms with Crippen molar-refractivity contribution in [2.75, 3.05) is 0 Å². The highest BCUT2D eigenvalue weighted by molar-refractivity contribution is 6.03. The number of rotatable bonds is 3. The van der Waals surface area contributed by atoms with Crippen molar-refractivity contribution in [1.29, 1.82) is 0 Å². The van der Waals surface area contributed by atoms with Crippen LogP contribution in [0.3, 0.4) is 0 Å². The summed E-state index contributed by atoms with van der Waals surface area (Å²) in [6.45, 7) is 0. The van der Waals surface area contributed by atoms with Gasteiger partial charge in [-0.1, -0.05) is 12.1 Å². The average Bonchev–Trinajstić information content (AvgIpc) is 3.33. The van der Waals surface area contributed by atoms with Crippen LogP contribution in [0.4, 0.5) is 4.39 Å². The minimum Gasteiger partial charge on any atom is -0.467 e. The van der Waals surface area contributed by atoms with E-state index in [0.29, 0.717) is 23.7 Å². The van der Waals surface area contributed by atoms with Crippen molar-refractivity contribution in [3.05, 3.63) is 84.0 Å². The molecule has 1 amide bonds. The lowest BCUT2D eigenvalue weighted by Gasteiger charge is -2.20. The normalized spacial score (nSPS) is 17.1. The van der Waals surface area contributed by atoms with Crippen LogP contribution in [0.5, 0.6) is 0 Å². The van der Waals surface area contributed by atoms with Gasteiger partial charge in [0.25, 0.3) is 5.91 Å². The molecule has 0 saturated carbocycles. The predicted molar refractivity (Wildman–Crippen MR) is 83.9 cm³/mol. The summed E-state index contributed by atoms with van der Waals surface area (Å²) >= 11 is 0. The van der Waals surface area contributed by atoms with Gasteiger partial charge in [0.1, 0.15) is 29.1 Å². The lowest BCUT2D eigenvalue weighted by Crippen LogP contribution is -2.27. The highest BCUT2D eigenvalue weighted by Crippen LogP contribution is 2.34. The summed E-state index contributed by atoms with van der Waals surface area (Å²) in [6.07, 6.45) is 3.51. The van der Waals surface area contributed by atoms with Crippen LogP contribution in [0.1, 0.15) is 34.3 Å². The zero-order valence-corrected chi connectivity index (χ0v) is 12.6. The quantitative estimate of drug-likeness (QED) is 0.731. The van der Waals surface area contributed by atoms with Gasteiger partial charge in [0.2, 0.25) is 0 Å². The number of carbonyl (C=O) groups is 1. The fraction of sp³-hybridized carbons (Fsp3) is 0.111. The van der Waals surface area contributed by atoms with E-state index in [9.17, 15) is 9.18 Å². The molecule has 4 rings (SSSR count). The Kier molecular flexibility index (Phi) is 3.49. The van der Waals surface area contributed by atoms with Crippen molar-refractivity contribution in [1.82, 2.24) is 5.01 Å². The maximum Gasteiger partial charge on any atom is 0.277 e. The molecule has 0 fully saturated rings. The molecule has 24 heavy (non-hydrogen) atoms. The van der Waals surface area contributed by atoms with E-state index in [4.69, 9.17) is 8.83 Å². The summed E-state index contributed by atoms with van der Waals surface area (Å²) in [5, 5.41) is 5.62. The molecule has 1 atom stereocenters. The van der Waals surface area contributed by atoms with Crippen molar-refractivity contribution in [3.8, 4) is 0 Å². The minimum atomic E-state index is -0.581. The molecule has 6 heteroatoms. The summed E-state index contributed by atoms with van der Waals surface area (Å²) in [6, 6.07) is 12.4. The number of benzene rings is 1. The van der Waals surface area contributed by atoms with Crippen molar-refractivity contribution >= 4 is 11.6 Å². The zero-order chi connectivity index (χ0) is 16.5. The van der Waals surface area contributed by atoms with Gasteiger partial charge in [-0.25, -0.2) is 9.40 Å². The number of hydrazone groups is 1. The Bertz CT molecular complexity index is 885. The Labute approximate surface area is 137 Å². The van der Waals surface area contributed by atoms with Crippen LogP contribution in [0.15, 0.2) is 75.0 Å². The number of nitrogens with zero attached hydrogens (tertiary/aromatic N) is 2. The molecule has 3 heterocycles. The van der Waals surface area contributed by atoms with E-state index in [1.54, 1.807) is 36.6 Å². The molecule has 0 spiro atoms. The molecule has 5 nitrogen and oxygen atoms in total. The molecule has 1 aliphatic heterocycles. The Hall–Kier alpha value is -3.15. The Morgan fingerprint density at radius 1 is 1.08 bits per heavy atom. The average molecular weight is 324 g/mol. The molecule has 0 aliphatic carbocycles. The van der Waals surface area contributed by atoms with Crippen LogP contribution >= 0.6 is 0 Å². The molecule has 3 aromatic rings. The van der Waals surface area contributed by atoms with Gasteiger partial charge in [-0.2, -0.15) is 5.10 Å². The fourth-order valence-electron chi connectivity index (χ4n) is 2.75. The summed E-state index contributed by atoms with van der Waals surface area (Å²) < 4.78 is 24.8. The fourth-order valence-corrected chi connectivity index (χ4v) is 2.75. The van der Waals surface area contributed by atoms with Gasteiger partial charge in [0.15, 0.2) is 0 Å². The van der Waals surface area contributed by atoms with Gasteiger partial charge in [-0.3, -0.25) is 4.79 Å². The molecule has 2 aromatic heterocycles. The number of hydrogen-bond acceptors (Lipinski definition) is 4. The first-order valence-electron chi connectivity index (χ1n) is 7.47. The second kappa shape index (κ2) is 5.81. The number of halogens is 1. The van der Waals surface area contributed by atoms with E-state index in [1.807, 2.05) is 0 Å². The second-order valence-electron chi connectivity index (χ2n) is 5.39. The van der Waals surface area contributed by atoms with Crippen LogP contribution in [0.2, 0.25) is 0 Å². The largest absolute Gasteiger partial charge is 0.467 e. The maximum absolute atomic E-state index is 14.0. The first-order chi connectivity index (χ1) is 11.7. The third kappa shape index (κ3) is 2.42. The Morgan fingerprint density at radius 2 is 1.88 bits per heavy atom. The summed E-state index contributed by atoms with van der Waals surface area (Å²) in [4.78, 5) is 12.8. The molecule has 1 aromatic carbocycles. The van der Waals surface area contributed by atoms with Gasteiger partial charge < -0.3 is 8.83 Å². The van der Waals surface area contributed by atoms with Crippen molar-refractivity contribution in [2.24, 2.45) is 5.10 Å². The zero-order valence-electron chi connectivity index (χ0n) is 12.6. The maximum atomic E-state index is 14.0. The summed E-state index contributed by atoms with van der Waals surface area (Å²) in [5.41, 5.74) is 0.588. The summed E-state index contributed by atoms with van der Waals surface area (Å²) in [5.74, 6) is 0.0683. The monoisotopic (exact) mass is 324 g/mol. The predicted octanol–water partition coefficient (Wildman–Crippen LogP) is 4.00. The molecule has 0 bridgehead atoms. The molecule has 1 unspecified atom stereocenters. The van der Waals surface area contributed by atoms with Crippen LogP contribution in [-0.4, -0.2) is 16.6 Å². The minimum absolute atomic E-state index is 0.0292. The topological polar surface area (TPSA) is 59.0 Å². The molecular formula is C18H13FN2O3. The standard InChI is InChI=1S/C18H13FN2O3/c19-13-6-2-1-5-12(13)18(22)21-15(17-8-4-10-24-17)11-14(20-21)16-7-3-9-23-16/h1-10,15H,11H2. The van der Waals surface area contributed by atoms with E-state index in [2.05, 4.69) is 5.10 Å². The number of hydrogen-bond donors (Lipinski definition) is 0. The molecule has 0 saturated heterocycles. The van der Waals surface area contributed by atoms with Crippen LogP contribution in [0.25, 0.3) is 0 Å². The van der Waals surface area contributed by atoms with Gasteiger partial charge in [-0.15, -0.1) is 0 Å². The van der Waals surface area contributed by atoms with Gasteiger partial charge in [0.05, 0.1) is 18.1 Å². The Morgan fingerprint density at radius 3 is 2.58 bits per heavy atom. The van der Waals surface area contributed by atoms with E-state index in [0.717, 1.165) is 0 Å². The molecule has 0 N–H and O–H groups in total. The first-order valence-corrected chi connectivity index (χ1v) is 7.47. The lowest BCUT2D eigenvalue weighted by atomic mass is 10.1. The SMILES string of the molecule is O=C(c1ccccc1F)N1N=C(c2ccco2)CC1c1ccco1. The summed E-state index contributed by atoms with van der Waals surface area (Å²) in [7, 11) is 0. The third-order valence-corrected chi connectivity index (χ3v) is 3.90. The van der Waals surface area contributed by atoms with E-state index in [-0.39, 0.29) is 5.56 Å². The van der Waals surface area contributed by atoms with Crippen molar-refractivity contribution in [3.63, 3.8) is 0 Å². The van der Waals surface area contributed by atoms with Gasteiger partial charge >= 0.3 is 0 Å². The smallest absolute Gasteiger partial charge is 0.277 e. The second-order valence-corrected chi connectivity index (χ2v) is 5.39. The van der Waals surface area contributed by atoms with Crippen LogP contribution in [-0.2, 0) is 0 Å². The van der Waals surface area contributed by atoms with Crippen LogP contribution < -0.4 is 0 Å². The number of carbonyl (C=O) groups excluding carboxylic acids is 1. The molecular weight excluding hydrogens is 311 g/mol. The molecule has 1 aliphatic rings. The third-order valence-electron chi connectivity index (χ3n) is 3.90. The van der Waals surface area contributed by atoms with Gasteiger partial charge in [0, 0.05) is 6.42 Å². The lowest BCUT2D eigenvalue weighted by molar-refractivity contribution is 0.0688. The highest BCUT2D eigenvalue weighted by atomic mass is 19.1. The van der Waals surface area contributed by atoms with Crippen molar-refractivity contribution < 1.29 is 18.0 Å². The number of amides is 1. The highest BCUT2D eigenvalue weighted by Gasteiger charge is 2.36. The van der Waals surface area contributed by atoms with E-state index in [1.165, 1.54) is 29.5 Å². The molecule has 0 radical (unpaired) electrons. The van der Waals surface area contributed by atoms with Gasteiger partial charge in [-0.05, 0) is 36.4 Å². The molecule has 120 valence electrons.